The highest BCUT2D eigenvalue weighted by Crippen LogP contribution is 2.27. The first-order chi connectivity index (χ1) is 7.99. The molecule has 0 saturated heterocycles. The van der Waals surface area contributed by atoms with Crippen LogP contribution in [0.2, 0.25) is 0 Å². The first kappa shape index (κ1) is 14.6. The Kier molecular flexibility index (Phi) is 5.52. The first-order valence-corrected chi connectivity index (χ1v) is 6.15. The van der Waals surface area contributed by atoms with Gasteiger partial charge in [0.2, 0.25) is 0 Å². The number of hydrogen-bond acceptors (Lipinski definition) is 3. The van der Waals surface area contributed by atoms with Crippen LogP contribution in [0, 0.1) is 5.82 Å². The Labute approximate surface area is 109 Å². The maximum atomic E-state index is 13.8. The van der Waals surface area contributed by atoms with E-state index < -0.39 is 11.4 Å². The lowest BCUT2D eigenvalue weighted by Gasteiger charge is -2.25. The van der Waals surface area contributed by atoms with E-state index in [0.717, 1.165) is 0 Å². The van der Waals surface area contributed by atoms with Crippen molar-refractivity contribution < 1.29 is 14.2 Å². The minimum atomic E-state index is -1.25. The maximum absolute atomic E-state index is 13.8. The molecule has 1 unspecified atom stereocenters. The first-order valence-electron chi connectivity index (χ1n) is 5.35. The van der Waals surface area contributed by atoms with E-state index in [4.69, 9.17) is 4.74 Å². The Morgan fingerprint density at radius 1 is 1.53 bits per heavy atom. The van der Waals surface area contributed by atoms with E-state index in [1.165, 1.54) is 0 Å². The molecule has 3 nitrogen and oxygen atoms in total. The number of ether oxygens (including phenoxy) is 1. The van der Waals surface area contributed by atoms with Crippen LogP contribution in [0.3, 0.4) is 0 Å². The molecule has 0 fully saturated rings. The second-order valence-corrected chi connectivity index (χ2v) is 4.90. The van der Waals surface area contributed by atoms with Crippen LogP contribution in [-0.4, -0.2) is 31.9 Å². The Morgan fingerprint density at radius 3 is 2.88 bits per heavy atom. The summed E-state index contributed by atoms with van der Waals surface area (Å²) in [6.45, 7) is 3.01. The normalized spacial score (nSPS) is 14.6. The molecule has 1 aromatic rings. The van der Waals surface area contributed by atoms with Gasteiger partial charge in [-0.05, 0) is 28.9 Å². The van der Waals surface area contributed by atoms with Crippen LogP contribution in [0.15, 0.2) is 22.7 Å². The van der Waals surface area contributed by atoms with Crippen molar-refractivity contribution in [2.24, 2.45) is 0 Å². The van der Waals surface area contributed by atoms with Gasteiger partial charge in [0, 0.05) is 25.8 Å². The van der Waals surface area contributed by atoms with Crippen molar-refractivity contribution in [2.75, 3.05) is 26.8 Å². The molecule has 0 saturated carbocycles. The van der Waals surface area contributed by atoms with Crippen molar-refractivity contribution in [1.29, 1.82) is 0 Å². The van der Waals surface area contributed by atoms with E-state index in [0.29, 0.717) is 17.6 Å². The van der Waals surface area contributed by atoms with Gasteiger partial charge < -0.3 is 15.2 Å². The van der Waals surface area contributed by atoms with E-state index in [-0.39, 0.29) is 12.1 Å². The topological polar surface area (TPSA) is 41.5 Å². The quantitative estimate of drug-likeness (QED) is 0.790. The zero-order valence-electron chi connectivity index (χ0n) is 9.96. The highest BCUT2D eigenvalue weighted by Gasteiger charge is 2.26. The number of nitrogens with one attached hydrogen (secondary N) is 1. The molecule has 0 bridgehead atoms. The lowest BCUT2D eigenvalue weighted by atomic mass is 9.95. The Hall–Kier alpha value is -0.490. The smallest absolute Gasteiger partial charge is 0.143 e. The van der Waals surface area contributed by atoms with Crippen LogP contribution in [-0.2, 0) is 10.3 Å². The van der Waals surface area contributed by atoms with Crippen LogP contribution in [0.1, 0.15) is 12.5 Å². The van der Waals surface area contributed by atoms with Gasteiger partial charge in [0.1, 0.15) is 11.4 Å². The Morgan fingerprint density at radius 2 is 2.24 bits per heavy atom. The average molecular weight is 306 g/mol. The monoisotopic (exact) mass is 305 g/mol. The fourth-order valence-electron chi connectivity index (χ4n) is 1.52. The highest BCUT2D eigenvalue weighted by molar-refractivity contribution is 9.10. The minimum Gasteiger partial charge on any atom is -0.384 e. The van der Waals surface area contributed by atoms with E-state index in [1.54, 1.807) is 32.2 Å². The lowest BCUT2D eigenvalue weighted by Crippen LogP contribution is -2.37. The number of benzene rings is 1. The van der Waals surface area contributed by atoms with Gasteiger partial charge in [-0.25, -0.2) is 4.39 Å². The number of methoxy groups -OCH3 is 1. The van der Waals surface area contributed by atoms with Crippen molar-refractivity contribution in [3.63, 3.8) is 0 Å². The Bertz CT molecular complexity index is 372. The summed E-state index contributed by atoms with van der Waals surface area (Å²) in [5, 5.41) is 13.2. The van der Waals surface area contributed by atoms with E-state index in [9.17, 15) is 9.50 Å². The van der Waals surface area contributed by atoms with Gasteiger partial charge in [-0.1, -0.05) is 12.1 Å². The molecule has 0 aliphatic heterocycles. The van der Waals surface area contributed by atoms with Gasteiger partial charge in [-0.15, -0.1) is 0 Å². The summed E-state index contributed by atoms with van der Waals surface area (Å²) in [4.78, 5) is 0. The SMILES string of the molecule is COCCNCC(C)(O)c1cccc(Br)c1F. The van der Waals surface area contributed by atoms with Crippen molar-refractivity contribution in [1.82, 2.24) is 5.32 Å². The van der Waals surface area contributed by atoms with Gasteiger partial charge in [0.15, 0.2) is 0 Å². The molecule has 0 aliphatic rings. The summed E-state index contributed by atoms with van der Waals surface area (Å²) in [6, 6.07) is 4.89. The third kappa shape index (κ3) is 4.03. The zero-order chi connectivity index (χ0) is 12.9. The maximum Gasteiger partial charge on any atom is 0.143 e. The second-order valence-electron chi connectivity index (χ2n) is 4.04. The van der Waals surface area contributed by atoms with E-state index in [1.807, 2.05) is 0 Å². The molecule has 1 aromatic carbocycles. The van der Waals surface area contributed by atoms with Gasteiger partial charge in [-0.3, -0.25) is 0 Å². The van der Waals surface area contributed by atoms with Crippen molar-refractivity contribution in [2.45, 2.75) is 12.5 Å². The molecule has 5 heteroatoms. The standard InChI is InChI=1S/C12H17BrFNO2/c1-12(16,8-15-6-7-17-2)9-4-3-5-10(13)11(9)14/h3-5,15-16H,6-8H2,1-2H3. The van der Waals surface area contributed by atoms with Crippen LogP contribution in [0.5, 0.6) is 0 Å². The van der Waals surface area contributed by atoms with Gasteiger partial charge >= 0.3 is 0 Å². The second kappa shape index (κ2) is 6.44. The molecular formula is C12H17BrFNO2. The molecule has 1 atom stereocenters. The molecule has 0 spiro atoms. The van der Waals surface area contributed by atoms with E-state index >= 15 is 0 Å². The number of hydrogen-bond donors (Lipinski definition) is 2. The zero-order valence-corrected chi connectivity index (χ0v) is 11.6. The number of rotatable bonds is 6. The van der Waals surface area contributed by atoms with Crippen LogP contribution < -0.4 is 5.32 Å². The molecule has 1 rings (SSSR count). The summed E-state index contributed by atoms with van der Waals surface area (Å²) >= 11 is 3.11. The largest absolute Gasteiger partial charge is 0.384 e. The molecule has 0 aliphatic carbocycles. The van der Waals surface area contributed by atoms with Crippen molar-refractivity contribution in [3.05, 3.63) is 34.1 Å². The lowest BCUT2D eigenvalue weighted by molar-refractivity contribution is 0.0512. The van der Waals surface area contributed by atoms with Gasteiger partial charge in [0.05, 0.1) is 11.1 Å². The van der Waals surface area contributed by atoms with Gasteiger partial charge in [-0.2, -0.15) is 0 Å². The van der Waals surface area contributed by atoms with Crippen molar-refractivity contribution in [3.8, 4) is 0 Å². The molecular weight excluding hydrogens is 289 g/mol. The minimum absolute atomic E-state index is 0.268. The highest BCUT2D eigenvalue weighted by atomic mass is 79.9. The number of halogens is 2. The summed E-state index contributed by atoms with van der Waals surface area (Å²) in [5.74, 6) is -0.425. The predicted octanol–water partition coefficient (Wildman–Crippen LogP) is 2.03. The molecule has 2 N–H and O–H groups in total. The molecule has 0 radical (unpaired) electrons. The van der Waals surface area contributed by atoms with Crippen LogP contribution >= 0.6 is 15.9 Å². The number of aliphatic hydroxyl groups is 1. The molecule has 0 amide bonds. The summed E-state index contributed by atoms with van der Waals surface area (Å²) in [6.07, 6.45) is 0. The third-order valence-electron chi connectivity index (χ3n) is 2.48. The third-order valence-corrected chi connectivity index (χ3v) is 3.10. The summed E-state index contributed by atoms with van der Waals surface area (Å²) in [7, 11) is 1.60. The fraction of sp³-hybridized carbons (Fsp3) is 0.500. The molecule has 17 heavy (non-hydrogen) atoms. The molecule has 0 heterocycles. The summed E-state index contributed by atoms with van der Waals surface area (Å²) in [5.41, 5.74) is -0.974. The fourth-order valence-corrected chi connectivity index (χ4v) is 1.89. The Balaban J connectivity index is 2.71. The predicted molar refractivity (Wildman–Crippen MR) is 68.4 cm³/mol. The molecule has 0 aromatic heterocycles. The van der Waals surface area contributed by atoms with Gasteiger partial charge in [0.25, 0.3) is 0 Å². The van der Waals surface area contributed by atoms with Crippen LogP contribution in [0.4, 0.5) is 4.39 Å². The van der Waals surface area contributed by atoms with Crippen molar-refractivity contribution >= 4 is 15.9 Å². The molecule has 96 valence electrons. The van der Waals surface area contributed by atoms with E-state index in [2.05, 4.69) is 21.2 Å². The van der Waals surface area contributed by atoms with Crippen LogP contribution in [0.25, 0.3) is 0 Å². The summed E-state index contributed by atoms with van der Waals surface area (Å²) < 4.78 is 19.0. The average Bonchev–Trinajstić information content (AvgIpc) is 2.28.